The number of benzene rings is 7. The van der Waals surface area contributed by atoms with Crippen LogP contribution in [0, 0.1) is 0 Å². The monoisotopic (exact) mass is 829 g/mol. The molecule has 0 spiro atoms. The van der Waals surface area contributed by atoms with Crippen molar-refractivity contribution < 1.29 is 0 Å². The molecule has 0 N–H and O–H groups in total. The topological polar surface area (TPSA) is 72.6 Å². The highest BCUT2D eigenvalue weighted by Crippen LogP contribution is 2.39. The molecule has 0 aliphatic rings. The van der Waals surface area contributed by atoms with Gasteiger partial charge in [-0.15, -0.1) is 0 Å². The molecule has 0 fully saturated rings. The van der Waals surface area contributed by atoms with Crippen LogP contribution in [0.5, 0.6) is 0 Å². The molecule has 3 aromatic heterocycles. The minimum atomic E-state index is 0.343. The Hall–Kier alpha value is -8.03. The number of aromatic nitrogens is 6. The molecule has 2 atom stereocenters. The van der Waals surface area contributed by atoms with Gasteiger partial charge in [0.1, 0.15) is 11.3 Å². The summed E-state index contributed by atoms with van der Waals surface area (Å²) in [7, 11) is 0. The summed E-state index contributed by atoms with van der Waals surface area (Å²) in [5.41, 5.74) is 12.5. The maximum atomic E-state index is 5.04. The van der Waals surface area contributed by atoms with E-state index in [9.17, 15) is 0 Å². The maximum absolute atomic E-state index is 5.04. The predicted molar refractivity (Wildman–Crippen MR) is 261 cm³/mol. The van der Waals surface area contributed by atoms with Gasteiger partial charge in [0.05, 0.1) is 0 Å². The van der Waals surface area contributed by atoms with E-state index in [0.29, 0.717) is 29.3 Å². The van der Waals surface area contributed by atoms with Crippen molar-refractivity contribution >= 4 is 28.2 Å². The zero-order valence-electron chi connectivity index (χ0n) is 35.9. The molecular formula is C57H47N7. The summed E-state index contributed by atoms with van der Waals surface area (Å²) < 4.78 is 2.15. The molecule has 0 amide bonds. The zero-order valence-corrected chi connectivity index (χ0v) is 35.9. The van der Waals surface area contributed by atoms with Crippen LogP contribution in [0.1, 0.15) is 49.7 Å². The highest BCUT2D eigenvalue weighted by molar-refractivity contribution is 5.81. The van der Waals surface area contributed by atoms with Gasteiger partial charge in [0.2, 0.25) is 0 Å². The molecule has 0 radical (unpaired) electrons. The first kappa shape index (κ1) is 40.1. The molecule has 0 aliphatic carbocycles. The minimum Gasteiger partial charge on any atom is -0.310 e. The third-order valence-corrected chi connectivity index (χ3v) is 12.0. The molecule has 7 aromatic carbocycles. The summed E-state index contributed by atoms with van der Waals surface area (Å²) in [5.74, 6) is 3.52. The van der Waals surface area contributed by atoms with E-state index in [2.05, 4.69) is 151 Å². The van der Waals surface area contributed by atoms with Gasteiger partial charge >= 0.3 is 0 Å². The second-order valence-corrected chi connectivity index (χ2v) is 16.2. The van der Waals surface area contributed by atoms with E-state index in [1.165, 1.54) is 11.1 Å². The number of rotatable bonds is 13. The highest BCUT2D eigenvalue weighted by Gasteiger charge is 2.21. The van der Waals surface area contributed by atoms with Gasteiger partial charge in [-0.3, -0.25) is 4.57 Å². The van der Waals surface area contributed by atoms with Gasteiger partial charge in [0.15, 0.2) is 23.1 Å². The van der Waals surface area contributed by atoms with Crippen LogP contribution in [0.2, 0.25) is 0 Å². The number of hydrogen-bond acceptors (Lipinski definition) is 6. The molecular weight excluding hydrogens is 783 g/mol. The number of imidazole rings is 1. The number of pyridine rings is 1. The van der Waals surface area contributed by atoms with Crippen LogP contribution in [-0.2, 0) is 0 Å². The molecule has 0 saturated heterocycles. The van der Waals surface area contributed by atoms with Gasteiger partial charge in [-0.2, -0.15) is 0 Å². The SMILES string of the molecule is CCC(CC(C)c1ccc(-c2nc3cccnc3n2-c2ccccc2)cc1)c1cccc(N(c2ccccc2)c2ccc(-c3nc(-c4ccccc4)nc(-c4ccccc4)n3)cc2)c1. The van der Waals surface area contributed by atoms with E-state index in [4.69, 9.17) is 24.9 Å². The van der Waals surface area contributed by atoms with E-state index in [0.717, 1.165) is 74.8 Å². The summed E-state index contributed by atoms with van der Waals surface area (Å²) in [6.07, 6.45) is 3.88. The molecule has 0 bridgehead atoms. The van der Waals surface area contributed by atoms with Gasteiger partial charge in [-0.05, 0) is 109 Å². The first-order valence-electron chi connectivity index (χ1n) is 22.0. The molecule has 7 heteroatoms. The van der Waals surface area contributed by atoms with Crippen LogP contribution >= 0.6 is 0 Å². The number of anilines is 3. The second-order valence-electron chi connectivity index (χ2n) is 16.2. The molecule has 2 unspecified atom stereocenters. The average molecular weight is 830 g/mol. The Labute approximate surface area is 374 Å². The Bertz CT molecular complexity index is 3060. The average Bonchev–Trinajstić information content (AvgIpc) is 3.77. The predicted octanol–water partition coefficient (Wildman–Crippen LogP) is 14.4. The smallest absolute Gasteiger partial charge is 0.164 e. The standard InChI is InChI=1S/C57H47N7/c1-3-41(38-40(2)42-29-31-46(32-30-42)56-59-52-28-17-37-58-57(52)64(56)49-25-14-7-15-26-49)47-22-16-27-51(39-47)63(48-23-12-6-13-24-48)50-35-33-45(34-36-50)55-61-53(43-18-8-4-9-19-43)60-54(62-55)44-20-10-5-11-21-44/h4-37,39-41H,3,38H2,1-2H3. The lowest BCUT2D eigenvalue weighted by Gasteiger charge is -2.27. The van der Waals surface area contributed by atoms with E-state index in [1.54, 1.807) is 0 Å². The first-order chi connectivity index (χ1) is 31.6. The fourth-order valence-electron chi connectivity index (χ4n) is 8.63. The molecule has 10 rings (SSSR count). The summed E-state index contributed by atoms with van der Waals surface area (Å²) in [6.45, 7) is 4.65. The fourth-order valence-corrected chi connectivity index (χ4v) is 8.63. The highest BCUT2D eigenvalue weighted by atomic mass is 15.1. The lowest BCUT2D eigenvalue weighted by atomic mass is 9.84. The minimum absolute atomic E-state index is 0.343. The van der Waals surface area contributed by atoms with Gasteiger partial charge in [-0.1, -0.05) is 147 Å². The Kier molecular flexibility index (Phi) is 11.4. The third kappa shape index (κ3) is 8.31. The zero-order chi connectivity index (χ0) is 43.2. The summed E-state index contributed by atoms with van der Waals surface area (Å²) in [4.78, 5) is 26.9. The van der Waals surface area contributed by atoms with E-state index >= 15 is 0 Å². The summed E-state index contributed by atoms with van der Waals surface area (Å²) in [6, 6.07) is 71.7. The van der Waals surface area contributed by atoms with Crippen molar-refractivity contribution in [3.8, 4) is 51.2 Å². The van der Waals surface area contributed by atoms with Crippen LogP contribution in [0.15, 0.2) is 212 Å². The van der Waals surface area contributed by atoms with Crippen molar-refractivity contribution in [3.05, 3.63) is 224 Å². The number of fused-ring (bicyclic) bond motifs is 1. The van der Waals surface area contributed by atoms with Gasteiger partial charge in [0.25, 0.3) is 0 Å². The van der Waals surface area contributed by atoms with Crippen molar-refractivity contribution in [1.29, 1.82) is 0 Å². The maximum Gasteiger partial charge on any atom is 0.164 e. The Morgan fingerprint density at radius 1 is 0.469 bits per heavy atom. The Morgan fingerprint density at radius 3 is 1.61 bits per heavy atom. The van der Waals surface area contributed by atoms with Crippen molar-refractivity contribution in [3.63, 3.8) is 0 Å². The van der Waals surface area contributed by atoms with Crippen LogP contribution in [-0.4, -0.2) is 29.5 Å². The number of nitrogens with zero attached hydrogens (tertiary/aromatic N) is 7. The lowest BCUT2D eigenvalue weighted by molar-refractivity contribution is 0.544. The molecule has 310 valence electrons. The first-order valence-corrected chi connectivity index (χ1v) is 22.0. The second kappa shape index (κ2) is 18.1. The quantitative estimate of drug-likeness (QED) is 0.115. The molecule has 10 aromatic rings. The summed E-state index contributed by atoms with van der Waals surface area (Å²) in [5, 5.41) is 0. The van der Waals surface area contributed by atoms with Crippen molar-refractivity contribution in [1.82, 2.24) is 29.5 Å². The largest absolute Gasteiger partial charge is 0.310 e. The molecule has 7 nitrogen and oxygen atoms in total. The van der Waals surface area contributed by atoms with Gasteiger partial charge in [0, 0.05) is 51.2 Å². The normalized spacial score (nSPS) is 12.2. The van der Waals surface area contributed by atoms with Crippen LogP contribution in [0.25, 0.3) is 62.4 Å². The van der Waals surface area contributed by atoms with Crippen molar-refractivity contribution in [2.45, 2.75) is 38.5 Å². The van der Waals surface area contributed by atoms with E-state index < -0.39 is 0 Å². The third-order valence-electron chi connectivity index (χ3n) is 12.0. The molecule has 0 aliphatic heterocycles. The Morgan fingerprint density at radius 2 is 1.00 bits per heavy atom. The van der Waals surface area contributed by atoms with Crippen molar-refractivity contribution in [2.24, 2.45) is 0 Å². The van der Waals surface area contributed by atoms with Crippen molar-refractivity contribution in [2.75, 3.05) is 4.90 Å². The molecule has 3 heterocycles. The number of para-hydroxylation sites is 2. The van der Waals surface area contributed by atoms with E-state index in [-0.39, 0.29) is 0 Å². The molecule has 0 saturated carbocycles. The molecule has 64 heavy (non-hydrogen) atoms. The number of hydrogen-bond donors (Lipinski definition) is 0. The van der Waals surface area contributed by atoms with Crippen LogP contribution in [0.4, 0.5) is 17.1 Å². The van der Waals surface area contributed by atoms with Crippen LogP contribution in [0.3, 0.4) is 0 Å². The van der Waals surface area contributed by atoms with Gasteiger partial charge < -0.3 is 4.90 Å². The Balaban J connectivity index is 0.924. The van der Waals surface area contributed by atoms with Gasteiger partial charge in [-0.25, -0.2) is 24.9 Å². The fraction of sp³-hybridized carbons (Fsp3) is 0.105. The van der Waals surface area contributed by atoms with E-state index in [1.807, 2.05) is 85.1 Å². The summed E-state index contributed by atoms with van der Waals surface area (Å²) >= 11 is 0. The lowest BCUT2D eigenvalue weighted by Crippen LogP contribution is -2.11. The van der Waals surface area contributed by atoms with Crippen LogP contribution < -0.4 is 4.90 Å².